The van der Waals surface area contributed by atoms with Gasteiger partial charge in [0.15, 0.2) is 0 Å². The van der Waals surface area contributed by atoms with Crippen molar-refractivity contribution in [1.29, 1.82) is 0 Å². The molecule has 4 nitrogen and oxygen atoms in total. The van der Waals surface area contributed by atoms with E-state index in [1.807, 2.05) is 7.05 Å². The van der Waals surface area contributed by atoms with Gasteiger partial charge < -0.3 is 14.8 Å². The first-order valence-electron chi connectivity index (χ1n) is 8.59. The molecule has 1 aliphatic rings. The molecule has 1 aliphatic heterocycles. The van der Waals surface area contributed by atoms with E-state index < -0.39 is 0 Å². The van der Waals surface area contributed by atoms with Crippen LogP contribution in [0.15, 0.2) is 6.20 Å². The van der Waals surface area contributed by atoms with Gasteiger partial charge in [-0.05, 0) is 51.1 Å². The summed E-state index contributed by atoms with van der Waals surface area (Å²) < 4.78 is 2.37. The number of hydrogen-bond acceptors (Lipinski definition) is 3. The first kappa shape index (κ1) is 16.3. The van der Waals surface area contributed by atoms with E-state index in [2.05, 4.69) is 41.8 Å². The fourth-order valence-corrected chi connectivity index (χ4v) is 3.18. The topological polar surface area (TPSA) is 33.1 Å². The molecule has 0 aliphatic carbocycles. The minimum atomic E-state index is 0.663. The highest BCUT2D eigenvalue weighted by Gasteiger charge is 2.22. The molecule has 0 unspecified atom stereocenters. The molecular formula is C17H32N4. The predicted octanol–water partition coefficient (Wildman–Crippen LogP) is 2.93. The minimum Gasteiger partial charge on any atom is -0.342 e. The molecule has 0 bridgehead atoms. The summed E-state index contributed by atoms with van der Waals surface area (Å²) in [5.41, 5.74) is 1.22. The van der Waals surface area contributed by atoms with Gasteiger partial charge in [-0.1, -0.05) is 20.8 Å². The largest absolute Gasteiger partial charge is 0.342 e. The molecule has 0 atom stereocenters. The first-order valence-corrected chi connectivity index (χ1v) is 8.59. The number of aryl methyl sites for hydroxylation is 1. The molecule has 0 radical (unpaired) electrons. The van der Waals surface area contributed by atoms with Gasteiger partial charge in [-0.25, -0.2) is 4.98 Å². The third-order valence-electron chi connectivity index (χ3n) is 4.43. The summed E-state index contributed by atoms with van der Waals surface area (Å²) in [6.45, 7) is 11.3. The summed E-state index contributed by atoms with van der Waals surface area (Å²) in [5.74, 6) is 2.75. The van der Waals surface area contributed by atoms with E-state index in [0.717, 1.165) is 38.5 Å². The van der Waals surface area contributed by atoms with Crippen molar-refractivity contribution in [3.8, 4) is 0 Å². The molecule has 1 N–H and O–H groups in total. The van der Waals surface area contributed by atoms with Gasteiger partial charge in [0.05, 0.1) is 5.69 Å². The molecular weight excluding hydrogens is 260 g/mol. The maximum absolute atomic E-state index is 4.87. The average Bonchev–Trinajstić information content (AvgIpc) is 2.88. The van der Waals surface area contributed by atoms with E-state index in [9.17, 15) is 0 Å². The van der Waals surface area contributed by atoms with Gasteiger partial charge in [-0.15, -0.1) is 0 Å². The quantitative estimate of drug-likeness (QED) is 0.839. The number of hydrogen-bond donors (Lipinski definition) is 1. The highest BCUT2D eigenvalue weighted by atomic mass is 15.3. The molecule has 21 heavy (non-hydrogen) atoms. The van der Waals surface area contributed by atoms with Crippen LogP contribution in [0.4, 0.5) is 5.95 Å². The molecule has 0 spiro atoms. The Kier molecular flexibility index (Phi) is 6.09. The standard InChI is InChI=1S/C17H32N4/c1-5-16-13-21(12-14(2)3)17(19-16)20-10-7-15(8-11-20)6-9-18-4/h13-15,18H,5-12H2,1-4H3. The molecule has 0 aromatic carbocycles. The lowest BCUT2D eigenvalue weighted by Gasteiger charge is -2.33. The second-order valence-electron chi connectivity index (χ2n) is 6.75. The molecule has 1 fully saturated rings. The molecule has 2 rings (SSSR count). The second-order valence-corrected chi connectivity index (χ2v) is 6.75. The lowest BCUT2D eigenvalue weighted by Crippen LogP contribution is -2.36. The van der Waals surface area contributed by atoms with Crippen LogP contribution in [0.25, 0.3) is 0 Å². The summed E-state index contributed by atoms with van der Waals surface area (Å²) in [7, 11) is 2.05. The Morgan fingerprint density at radius 2 is 2.05 bits per heavy atom. The van der Waals surface area contributed by atoms with Gasteiger partial charge in [-0.2, -0.15) is 0 Å². The number of nitrogens with one attached hydrogen (secondary N) is 1. The van der Waals surface area contributed by atoms with E-state index in [4.69, 9.17) is 4.98 Å². The smallest absolute Gasteiger partial charge is 0.205 e. The van der Waals surface area contributed by atoms with Crippen LogP contribution in [-0.2, 0) is 13.0 Å². The summed E-state index contributed by atoms with van der Waals surface area (Å²) in [4.78, 5) is 7.37. The van der Waals surface area contributed by atoms with Crippen LogP contribution >= 0.6 is 0 Å². The van der Waals surface area contributed by atoms with Crippen molar-refractivity contribution in [2.75, 3.05) is 31.6 Å². The molecule has 0 amide bonds. The lowest BCUT2D eigenvalue weighted by molar-refractivity contribution is 0.372. The Bertz CT molecular complexity index is 416. The maximum Gasteiger partial charge on any atom is 0.205 e. The normalized spacial score (nSPS) is 16.9. The lowest BCUT2D eigenvalue weighted by atomic mass is 9.94. The molecule has 0 saturated carbocycles. The molecule has 120 valence electrons. The van der Waals surface area contributed by atoms with Gasteiger partial charge >= 0.3 is 0 Å². The minimum absolute atomic E-state index is 0.663. The number of imidazole rings is 1. The summed E-state index contributed by atoms with van der Waals surface area (Å²) in [6.07, 6.45) is 7.19. The Morgan fingerprint density at radius 1 is 1.33 bits per heavy atom. The Hall–Kier alpha value is -1.03. The zero-order chi connectivity index (χ0) is 15.2. The van der Waals surface area contributed by atoms with Crippen LogP contribution in [0.3, 0.4) is 0 Å². The van der Waals surface area contributed by atoms with Crippen molar-refractivity contribution in [3.05, 3.63) is 11.9 Å². The van der Waals surface area contributed by atoms with Gasteiger partial charge in [0.2, 0.25) is 5.95 Å². The van der Waals surface area contributed by atoms with Crippen LogP contribution in [0, 0.1) is 11.8 Å². The third-order valence-corrected chi connectivity index (χ3v) is 4.43. The van der Waals surface area contributed by atoms with Crippen molar-refractivity contribution in [1.82, 2.24) is 14.9 Å². The van der Waals surface area contributed by atoms with Gasteiger partial charge in [0.1, 0.15) is 0 Å². The van der Waals surface area contributed by atoms with Gasteiger partial charge in [0.25, 0.3) is 0 Å². The van der Waals surface area contributed by atoms with Crippen LogP contribution in [0.5, 0.6) is 0 Å². The van der Waals surface area contributed by atoms with E-state index in [1.165, 1.54) is 30.9 Å². The highest BCUT2D eigenvalue weighted by molar-refractivity contribution is 5.34. The zero-order valence-corrected chi connectivity index (χ0v) is 14.2. The molecule has 1 aromatic rings. The van der Waals surface area contributed by atoms with Crippen LogP contribution in [0.1, 0.15) is 45.7 Å². The van der Waals surface area contributed by atoms with Crippen molar-refractivity contribution in [2.24, 2.45) is 11.8 Å². The van der Waals surface area contributed by atoms with Crippen molar-refractivity contribution < 1.29 is 0 Å². The predicted molar refractivity (Wildman–Crippen MR) is 89.9 cm³/mol. The Balaban J connectivity index is 2.00. The van der Waals surface area contributed by atoms with Crippen LogP contribution in [0.2, 0.25) is 0 Å². The molecule has 2 heterocycles. The summed E-state index contributed by atoms with van der Waals surface area (Å²) >= 11 is 0. The zero-order valence-electron chi connectivity index (χ0n) is 14.2. The summed E-state index contributed by atoms with van der Waals surface area (Å²) in [5, 5.41) is 3.27. The maximum atomic E-state index is 4.87. The van der Waals surface area contributed by atoms with Crippen molar-refractivity contribution in [2.45, 2.75) is 53.0 Å². The fraction of sp³-hybridized carbons (Fsp3) is 0.824. The molecule has 1 aromatic heterocycles. The number of piperidine rings is 1. The number of rotatable bonds is 7. The van der Waals surface area contributed by atoms with E-state index in [0.29, 0.717) is 5.92 Å². The fourth-order valence-electron chi connectivity index (χ4n) is 3.18. The number of nitrogens with zero attached hydrogens (tertiary/aromatic N) is 3. The van der Waals surface area contributed by atoms with Crippen LogP contribution in [-0.4, -0.2) is 36.2 Å². The van der Waals surface area contributed by atoms with E-state index in [-0.39, 0.29) is 0 Å². The van der Waals surface area contributed by atoms with Crippen LogP contribution < -0.4 is 10.2 Å². The van der Waals surface area contributed by atoms with Crippen molar-refractivity contribution in [3.63, 3.8) is 0 Å². The molecule has 4 heteroatoms. The third kappa shape index (κ3) is 4.47. The van der Waals surface area contributed by atoms with E-state index >= 15 is 0 Å². The average molecular weight is 292 g/mol. The second kappa shape index (κ2) is 7.83. The van der Waals surface area contributed by atoms with Gasteiger partial charge in [-0.3, -0.25) is 0 Å². The first-order chi connectivity index (χ1) is 10.1. The van der Waals surface area contributed by atoms with E-state index in [1.54, 1.807) is 0 Å². The summed E-state index contributed by atoms with van der Waals surface area (Å²) in [6, 6.07) is 0. The monoisotopic (exact) mass is 292 g/mol. The molecule has 1 saturated heterocycles. The highest BCUT2D eigenvalue weighted by Crippen LogP contribution is 2.25. The van der Waals surface area contributed by atoms with Gasteiger partial charge in [0, 0.05) is 25.8 Å². The number of aromatic nitrogens is 2. The van der Waals surface area contributed by atoms with Crippen molar-refractivity contribution >= 4 is 5.95 Å². The Labute approximate surface area is 129 Å². The SMILES string of the molecule is CCc1cn(CC(C)C)c(N2CCC(CCNC)CC2)n1. The number of anilines is 1. The Morgan fingerprint density at radius 3 is 2.62 bits per heavy atom.